The fourth-order valence-corrected chi connectivity index (χ4v) is 4.95. The molecule has 1 saturated carbocycles. The molecule has 2 aliphatic rings. The fraction of sp³-hybridized carbons (Fsp3) is 1.00. The second-order valence-electron chi connectivity index (χ2n) is 4.06. The first kappa shape index (κ1) is 15.0. The van der Waals surface area contributed by atoms with E-state index in [9.17, 15) is 14.0 Å². The van der Waals surface area contributed by atoms with Crippen LogP contribution in [0.2, 0.25) is 0 Å². The number of rotatable bonds is 0. The summed E-state index contributed by atoms with van der Waals surface area (Å²) in [7, 11) is -9.76. The van der Waals surface area contributed by atoms with Crippen LogP contribution in [0, 0.1) is 0 Å². The first-order chi connectivity index (χ1) is 8.38. The first-order valence-corrected chi connectivity index (χ1v) is 9.28. The molecule has 0 spiro atoms. The molecule has 5 atom stereocenters. The van der Waals surface area contributed by atoms with Crippen molar-refractivity contribution in [3.8, 4) is 0 Å². The highest BCUT2D eigenvalue weighted by Crippen LogP contribution is 2.62. The summed E-state index contributed by atoms with van der Waals surface area (Å²) in [6, 6.07) is -0.217. The van der Waals surface area contributed by atoms with Crippen LogP contribution in [0.15, 0.2) is 0 Å². The van der Waals surface area contributed by atoms with Crippen LogP contribution < -0.4 is 10.6 Å². The zero-order chi connectivity index (χ0) is 13.2. The molecule has 1 aliphatic heterocycles. The second-order valence-corrected chi connectivity index (χ2v) is 8.00. The zero-order valence-corrected chi connectivity index (χ0v) is 12.1. The SMILES string of the molecule is O=P1(O)ON[C@H]2CCCC[C@@H]2NPOP(=O)(O)O1. The molecule has 0 radical (unpaired) electrons. The topological polar surface area (TPSA) is 126 Å². The molecule has 2 rings (SSSR count). The molecule has 0 aromatic heterocycles. The first-order valence-electron chi connectivity index (χ1n) is 5.38. The van der Waals surface area contributed by atoms with Gasteiger partial charge in [-0.25, -0.2) is 9.13 Å². The van der Waals surface area contributed by atoms with Gasteiger partial charge in [-0.3, -0.25) is 9.40 Å². The van der Waals surface area contributed by atoms with E-state index in [4.69, 9.17) is 4.89 Å². The molecular formula is C6H15N2O7P3. The third-order valence-corrected chi connectivity index (χ3v) is 6.46. The van der Waals surface area contributed by atoms with Gasteiger partial charge in [-0.15, -0.1) is 0 Å². The maximum absolute atomic E-state index is 11.4. The Bertz CT molecular complexity index is 393. The highest BCUT2D eigenvalue weighted by Gasteiger charge is 2.39. The molecule has 0 aromatic rings. The molecule has 0 amide bonds. The van der Waals surface area contributed by atoms with Crippen LogP contribution in [0.5, 0.6) is 0 Å². The molecule has 12 heteroatoms. The van der Waals surface area contributed by atoms with Gasteiger partial charge in [0.15, 0.2) is 0 Å². The Balaban J connectivity index is 2.08. The number of fused-ring (bicyclic) bond motifs is 1. The van der Waals surface area contributed by atoms with Crippen molar-refractivity contribution in [3.63, 3.8) is 0 Å². The van der Waals surface area contributed by atoms with E-state index in [0.29, 0.717) is 0 Å². The van der Waals surface area contributed by atoms with Crippen molar-refractivity contribution in [2.45, 2.75) is 37.8 Å². The highest BCUT2D eigenvalue weighted by molar-refractivity contribution is 7.64. The highest BCUT2D eigenvalue weighted by atomic mass is 31.3. The molecule has 18 heavy (non-hydrogen) atoms. The van der Waals surface area contributed by atoms with Crippen molar-refractivity contribution in [3.05, 3.63) is 0 Å². The summed E-state index contributed by atoms with van der Waals surface area (Å²) in [4.78, 5) is 18.4. The molecule has 1 saturated heterocycles. The van der Waals surface area contributed by atoms with Gasteiger partial charge >= 0.3 is 15.6 Å². The Morgan fingerprint density at radius 1 is 1.11 bits per heavy atom. The van der Waals surface area contributed by atoms with Gasteiger partial charge in [0, 0.05) is 12.1 Å². The van der Waals surface area contributed by atoms with Gasteiger partial charge in [0.05, 0.1) is 0 Å². The van der Waals surface area contributed by atoms with Gasteiger partial charge in [-0.05, 0) is 12.8 Å². The summed E-state index contributed by atoms with van der Waals surface area (Å²) in [5.41, 5.74) is 2.44. The zero-order valence-electron chi connectivity index (χ0n) is 9.31. The van der Waals surface area contributed by atoms with Crippen molar-refractivity contribution in [2.75, 3.05) is 0 Å². The lowest BCUT2D eigenvalue weighted by molar-refractivity contribution is 0.0729. The maximum Gasteiger partial charge on any atom is 0.497 e. The molecule has 106 valence electrons. The summed E-state index contributed by atoms with van der Waals surface area (Å²) in [6.45, 7) is 0. The quantitative estimate of drug-likeness (QED) is 0.486. The Morgan fingerprint density at radius 3 is 2.50 bits per heavy atom. The predicted octanol–water partition coefficient (Wildman–Crippen LogP) is 1.16. The number of hydrogen-bond acceptors (Lipinski definition) is 7. The van der Waals surface area contributed by atoms with Crippen molar-refractivity contribution in [1.82, 2.24) is 10.6 Å². The summed E-state index contributed by atoms with van der Waals surface area (Å²) < 4.78 is 35.8. The fourth-order valence-electron chi connectivity index (χ4n) is 1.90. The summed E-state index contributed by atoms with van der Waals surface area (Å²) in [6.07, 6.45) is 3.56. The second kappa shape index (κ2) is 5.94. The van der Waals surface area contributed by atoms with Crippen LogP contribution in [0.25, 0.3) is 0 Å². The lowest BCUT2D eigenvalue weighted by Gasteiger charge is -2.33. The molecule has 3 unspecified atom stereocenters. The predicted molar refractivity (Wildman–Crippen MR) is 63.5 cm³/mol. The largest absolute Gasteiger partial charge is 0.497 e. The van der Waals surface area contributed by atoms with E-state index < -0.39 is 24.6 Å². The summed E-state index contributed by atoms with van der Waals surface area (Å²) in [5, 5.41) is 2.95. The summed E-state index contributed by atoms with van der Waals surface area (Å²) >= 11 is 0. The Morgan fingerprint density at radius 2 is 1.78 bits per heavy atom. The molecule has 9 nitrogen and oxygen atoms in total. The van der Waals surface area contributed by atoms with Crippen LogP contribution in [0.3, 0.4) is 0 Å². The standard InChI is InChI=1S/C6H15N2O7P3/c9-17(10)13-7-5-3-1-2-4-6(5)8-16-14-18(11,12)15-17/h5-8,16H,1-4H2,(H,9,10)(H,11,12)/t5-,6-/m0/s1. The van der Waals surface area contributed by atoms with Crippen molar-refractivity contribution >= 4 is 24.6 Å². The van der Waals surface area contributed by atoms with Crippen molar-refractivity contribution in [1.29, 1.82) is 0 Å². The monoisotopic (exact) mass is 320 g/mol. The van der Waals surface area contributed by atoms with Crippen LogP contribution in [-0.4, -0.2) is 21.9 Å². The van der Waals surface area contributed by atoms with Gasteiger partial charge in [-0.1, -0.05) is 12.8 Å². The van der Waals surface area contributed by atoms with E-state index in [1.807, 2.05) is 0 Å². The smallest absolute Gasteiger partial charge is 0.302 e. The van der Waals surface area contributed by atoms with Crippen LogP contribution in [0.1, 0.15) is 25.7 Å². The average Bonchev–Trinajstić information content (AvgIpc) is 2.25. The van der Waals surface area contributed by atoms with E-state index in [2.05, 4.69) is 23.8 Å². The van der Waals surface area contributed by atoms with Gasteiger partial charge in [0.2, 0.25) is 0 Å². The van der Waals surface area contributed by atoms with Crippen molar-refractivity contribution in [2.24, 2.45) is 0 Å². The van der Waals surface area contributed by atoms with Gasteiger partial charge in [0.25, 0.3) is 0 Å². The van der Waals surface area contributed by atoms with E-state index in [0.717, 1.165) is 25.7 Å². The molecule has 4 N–H and O–H groups in total. The van der Waals surface area contributed by atoms with Crippen molar-refractivity contribution < 1.29 is 32.2 Å². The van der Waals surface area contributed by atoms with Crippen LogP contribution in [-0.2, 0) is 22.4 Å². The maximum atomic E-state index is 11.4. The normalized spacial score (nSPS) is 48.6. The Kier molecular flexibility index (Phi) is 4.95. The van der Waals surface area contributed by atoms with Gasteiger partial charge in [-0.2, -0.15) is 14.4 Å². The minimum absolute atomic E-state index is 0.0461. The number of hydroxylamine groups is 1. The van der Waals surface area contributed by atoms with E-state index in [1.54, 1.807) is 0 Å². The summed E-state index contributed by atoms with van der Waals surface area (Å²) in [5.74, 6) is 0. The molecule has 1 heterocycles. The number of nitrogens with one attached hydrogen (secondary N) is 2. The lowest BCUT2D eigenvalue weighted by Crippen LogP contribution is -2.47. The minimum atomic E-state index is -4.66. The lowest BCUT2D eigenvalue weighted by atomic mass is 9.92. The average molecular weight is 320 g/mol. The minimum Gasteiger partial charge on any atom is -0.302 e. The van der Waals surface area contributed by atoms with E-state index in [1.165, 1.54) is 0 Å². The molecule has 0 bridgehead atoms. The van der Waals surface area contributed by atoms with Crippen LogP contribution >= 0.6 is 24.6 Å². The third-order valence-electron chi connectivity index (χ3n) is 2.70. The van der Waals surface area contributed by atoms with Gasteiger partial charge in [0.1, 0.15) is 8.96 Å². The van der Waals surface area contributed by atoms with Crippen LogP contribution in [0.4, 0.5) is 0 Å². The molecule has 2 fully saturated rings. The van der Waals surface area contributed by atoms with E-state index >= 15 is 0 Å². The third kappa shape index (κ3) is 4.32. The number of hydrogen-bond donors (Lipinski definition) is 4. The Hall–Kier alpha value is 0.610. The van der Waals surface area contributed by atoms with Gasteiger partial charge < -0.3 is 9.79 Å². The Labute approximate surface area is 106 Å². The molecular weight excluding hydrogens is 305 g/mol. The molecule has 0 aromatic carbocycles. The van der Waals surface area contributed by atoms with E-state index in [-0.39, 0.29) is 12.1 Å². The molecule has 1 aliphatic carbocycles. The number of phosphoric acid groups is 2.